The van der Waals surface area contributed by atoms with Gasteiger partial charge in [-0.1, -0.05) is 0 Å². The summed E-state index contributed by atoms with van der Waals surface area (Å²) >= 11 is 4.13. The third-order valence-electron chi connectivity index (χ3n) is 2.46. The highest BCUT2D eigenvalue weighted by molar-refractivity contribution is 7.80. The van der Waals surface area contributed by atoms with Crippen molar-refractivity contribution < 1.29 is 4.74 Å². The number of hydrogen-bond donors (Lipinski definition) is 2. The Hall–Kier alpha value is -0.890. The van der Waals surface area contributed by atoms with Crippen LogP contribution < -0.4 is 10.5 Å². The molecule has 0 radical (unpaired) electrons. The van der Waals surface area contributed by atoms with Crippen molar-refractivity contribution >= 4 is 25.0 Å². The summed E-state index contributed by atoms with van der Waals surface area (Å²) in [4.78, 5) is 0. The van der Waals surface area contributed by atoms with Crippen LogP contribution in [0.1, 0.15) is 24.8 Å². The minimum absolute atomic E-state index is 0. The zero-order valence-corrected chi connectivity index (χ0v) is 11.9. The Bertz CT molecular complexity index is 364. The third kappa shape index (κ3) is 6.75. The topological polar surface area (TPSA) is 59.0 Å². The zero-order valence-electron chi connectivity index (χ0n) is 10.2. The van der Waals surface area contributed by atoms with Gasteiger partial charge in [0.25, 0.3) is 0 Å². The van der Waals surface area contributed by atoms with Gasteiger partial charge in [-0.05, 0) is 43.5 Å². The predicted octanol–water partition coefficient (Wildman–Crippen LogP) is 2.79. The lowest BCUT2D eigenvalue weighted by molar-refractivity contribution is 0.304. The van der Waals surface area contributed by atoms with Gasteiger partial charge in [-0.3, -0.25) is 0 Å². The summed E-state index contributed by atoms with van der Waals surface area (Å²) in [5, 5.41) is 8.64. The van der Waals surface area contributed by atoms with E-state index in [0.29, 0.717) is 12.2 Å². The van der Waals surface area contributed by atoms with Crippen molar-refractivity contribution in [3.05, 3.63) is 29.8 Å². The highest BCUT2D eigenvalue weighted by Crippen LogP contribution is 2.12. The van der Waals surface area contributed by atoms with E-state index < -0.39 is 0 Å². The fraction of sp³-hybridized carbons (Fsp3) is 0.462. The van der Waals surface area contributed by atoms with Crippen LogP contribution in [-0.2, 0) is 0 Å². The molecular formula is C13H19ClN2OS. The number of halogens is 1. The second kappa shape index (κ2) is 10.1. The molecule has 0 spiro atoms. The van der Waals surface area contributed by atoms with E-state index in [2.05, 4.69) is 18.7 Å². The molecule has 18 heavy (non-hydrogen) atoms. The van der Waals surface area contributed by atoms with E-state index in [0.717, 1.165) is 30.8 Å². The largest absolute Gasteiger partial charge is 0.494 e. The number of benzene rings is 1. The molecule has 0 heterocycles. The SMILES string of the molecule is Cl.N#Cc1ccc(OCCCC[C@@H](N)CS)cc1. The molecular weight excluding hydrogens is 268 g/mol. The van der Waals surface area contributed by atoms with Crippen molar-refractivity contribution in [3.63, 3.8) is 0 Å². The van der Waals surface area contributed by atoms with E-state index in [1.165, 1.54) is 0 Å². The van der Waals surface area contributed by atoms with Crippen molar-refractivity contribution in [1.29, 1.82) is 5.26 Å². The first-order chi connectivity index (χ1) is 8.26. The summed E-state index contributed by atoms with van der Waals surface area (Å²) in [6, 6.07) is 9.41. The van der Waals surface area contributed by atoms with Crippen molar-refractivity contribution in [2.24, 2.45) is 5.73 Å². The summed E-state index contributed by atoms with van der Waals surface area (Å²) in [5.74, 6) is 1.54. The van der Waals surface area contributed by atoms with Gasteiger partial charge in [0, 0.05) is 11.8 Å². The van der Waals surface area contributed by atoms with Gasteiger partial charge in [-0.15, -0.1) is 12.4 Å². The van der Waals surface area contributed by atoms with Gasteiger partial charge in [-0.25, -0.2) is 0 Å². The number of rotatable bonds is 7. The van der Waals surface area contributed by atoms with E-state index in [9.17, 15) is 0 Å². The lowest BCUT2D eigenvalue weighted by Crippen LogP contribution is -2.21. The Morgan fingerprint density at radius 3 is 2.50 bits per heavy atom. The van der Waals surface area contributed by atoms with E-state index in [1.54, 1.807) is 12.1 Å². The minimum Gasteiger partial charge on any atom is -0.494 e. The maximum Gasteiger partial charge on any atom is 0.119 e. The molecule has 100 valence electrons. The molecule has 3 nitrogen and oxygen atoms in total. The highest BCUT2D eigenvalue weighted by Gasteiger charge is 1.99. The van der Waals surface area contributed by atoms with Crippen molar-refractivity contribution in [2.45, 2.75) is 25.3 Å². The van der Waals surface area contributed by atoms with Gasteiger partial charge in [0.05, 0.1) is 18.2 Å². The van der Waals surface area contributed by atoms with Crippen LogP contribution in [0.4, 0.5) is 0 Å². The van der Waals surface area contributed by atoms with Gasteiger partial charge in [-0.2, -0.15) is 17.9 Å². The molecule has 0 aliphatic heterocycles. The van der Waals surface area contributed by atoms with Crippen molar-refractivity contribution in [1.82, 2.24) is 0 Å². The first-order valence-electron chi connectivity index (χ1n) is 5.75. The molecule has 0 aromatic heterocycles. The fourth-order valence-electron chi connectivity index (χ4n) is 1.42. The van der Waals surface area contributed by atoms with Crippen molar-refractivity contribution in [3.8, 4) is 11.8 Å². The standard InChI is InChI=1S/C13H18N2OS.ClH/c14-9-11-4-6-13(7-5-11)16-8-2-1-3-12(15)10-17;/h4-7,12,17H,1-3,8,10,15H2;1H/t12-;/m1./s1. The molecule has 0 unspecified atom stereocenters. The molecule has 2 N–H and O–H groups in total. The van der Waals surface area contributed by atoms with Crippen LogP contribution >= 0.6 is 25.0 Å². The number of ether oxygens (including phenoxy) is 1. The lowest BCUT2D eigenvalue weighted by atomic mass is 10.1. The number of hydrogen-bond acceptors (Lipinski definition) is 4. The Morgan fingerprint density at radius 1 is 1.28 bits per heavy atom. The maximum atomic E-state index is 8.64. The third-order valence-corrected chi connectivity index (χ3v) is 2.92. The van der Waals surface area contributed by atoms with Crippen LogP contribution in [0.2, 0.25) is 0 Å². The number of unbranched alkanes of at least 4 members (excludes halogenated alkanes) is 1. The number of nitriles is 1. The van der Waals surface area contributed by atoms with E-state index in [-0.39, 0.29) is 18.4 Å². The van der Waals surface area contributed by atoms with Gasteiger partial charge in [0.2, 0.25) is 0 Å². The molecule has 0 saturated heterocycles. The summed E-state index contributed by atoms with van der Waals surface area (Å²) < 4.78 is 5.55. The van der Waals surface area contributed by atoms with E-state index in [4.69, 9.17) is 15.7 Å². The number of nitrogens with two attached hydrogens (primary N) is 1. The summed E-state index contributed by atoms with van der Waals surface area (Å²) in [7, 11) is 0. The van der Waals surface area contributed by atoms with Crippen LogP contribution in [0.15, 0.2) is 24.3 Å². The molecule has 0 fully saturated rings. The Balaban J connectivity index is 0.00000289. The molecule has 1 aromatic carbocycles. The average Bonchev–Trinajstić information content (AvgIpc) is 2.38. The molecule has 0 bridgehead atoms. The molecule has 0 aliphatic rings. The summed E-state index contributed by atoms with van der Waals surface area (Å²) in [6.45, 7) is 0.686. The predicted molar refractivity (Wildman–Crippen MR) is 79.6 cm³/mol. The quantitative estimate of drug-likeness (QED) is 0.598. The number of thiol groups is 1. The molecule has 1 aromatic rings. The average molecular weight is 287 g/mol. The second-order valence-corrected chi connectivity index (χ2v) is 4.29. The lowest BCUT2D eigenvalue weighted by Gasteiger charge is -2.08. The Morgan fingerprint density at radius 2 is 1.94 bits per heavy atom. The fourth-order valence-corrected chi connectivity index (χ4v) is 1.60. The van der Waals surface area contributed by atoms with Crippen LogP contribution in [-0.4, -0.2) is 18.4 Å². The van der Waals surface area contributed by atoms with Crippen LogP contribution in [0, 0.1) is 11.3 Å². The second-order valence-electron chi connectivity index (χ2n) is 3.92. The van der Waals surface area contributed by atoms with Gasteiger partial charge < -0.3 is 10.5 Å². The smallest absolute Gasteiger partial charge is 0.119 e. The maximum absolute atomic E-state index is 8.64. The first kappa shape index (κ1) is 17.1. The first-order valence-corrected chi connectivity index (χ1v) is 6.39. The zero-order chi connectivity index (χ0) is 12.5. The minimum atomic E-state index is 0. The molecule has 1 atom stereocenters. The monoisotopic (exact) mass is 286 g/mol. The van der Waals surface area contributed by atoms with Gasteiger partial charge in [0.15, 0.2) is 0 Å². The van der Waals surface area contributed by atoms with Crippen LogP contribution in [0.25, 0.3) is 0 Å². The molecule has 5 heteroatoms. The molecule has 1 rings (SSSR count). The van der Waals surface area contributed by atoms with E-state index in [1.807, 2.05) is 12.1 Å². The van der Waals surface area contributed by atoms with Crippen LogP contribution in [0.5, 0.6) is 5.75 Å². The highest BCUT2D eigenvalue weighted by atomic mass is 35.5. The van der Waals surface area contributed by atoms with Gasteiger partial charge >= 0.3 is 0 Å². The Labute approximate surface area is 120 Å². The summed E-state index contributed by atoms with van der Waals surface area (Å²) in [6.07, 6.45) is 3.03. The molecule has 0 aliphatic carbocycles. The Kier molecular flexibility index (Phi) is 9.57. The number of nitrogens with zero attached hydrogens (tertiary/aromatic N) is 1. The van der Waals surface area contributed by atoms with Crippen LogP contribution in [0.3, 0.4) is 0 Å². The van der Waals surface area contributed by atoms with Crippen molar-refractivity contribution in [2.75, 3.05) is 12.4 Å². The molecule has 0 amide bonds. The van der Waals surface area contributed by atoms with E-state index >= 15 is 0 Å². The molecule has 0 saturated carbocycles. The van der Waals surface area contributed by atoms with Gasteiger partial charge in [0.1, 0.15) is 5.75 Å². The summed E-state index contributed by atoms with van der Waals surface area (Å²) in [5.41, 5.74) is 6.40. The normalized spacial score (nSPS) is 11.2.